The lowest BCUT2D eigenvalue weighted by Crippen LogP contribution is -1.96. The van der Waals surface area contributed by atoms with Gasteiger partial charge in [-0.3, -0.25) is 0 Å². The molecule has 0 heterocycles. The van der Waals surface area contributed by atoms with Crippen LogP contribution in [0.4, 0.5) is 0 Å². The van der Waals surface area contributed by atoms with E-state index in [1.54, 1.807) is 0 Å². The van der Waals surface area contributed by atoms with Gasteiger partial charge in [-0.2, -0.15) is 0 Å². The fraction of sp³-hybridized carbons (Fsp3) is 0.727. The number of aromatic hydroxyl groups is 2. The Balaban J connectivity index is 2.06. The number of hydrogen-bond donors (Lipinski definition) is 2. The van der Waals surface area contributed by atoms with E-state index in [0.29, 0.717) is 10.6 Å². The summed E-state index contributed by atoms with van der Waals surface area (Å²) in [5.74, 6) is 0.410. The molecule has 3 heteroatoms. The van der Waals surface area contributed by atoms with Crippen molar-refractivity contribution in [3.05, 3.63) is 22.7 Å². The van der Waals surface area contributed by atoms with Gasteiger partial charge in [-0.25, -0.2) is 0 Å². The van der Waals surface area contributed by atoms with Crippen molar-refractivity contribution < 1.29 is 10.2 Å². The smallest absolute Gasteiger partial charge is 0.134 e. The maximum atomic E-state index is 9.98. The minimum absolute atomic E-state index is 0.0519. The van der Waals surface area contributed by atoms with Gasteiger partial charge in [-0.1, -0.05) is 102 Å². The average molecular weight is 369 g/mol. The number of benzene rings is 1. The van der Waals surface area contributed by atoms with E-state index in [2.05, 4.69) is 13.8 Å². The molecule has 0 spiro atoms. The van der Waals surface area contributed by atoms with E-state index in [-0.39, 0.29) is 17.4 Å². The van der Waals surface area contributed by atoms with E-state index in [9.17, 15) is 10.2 Å². The van der Waals surface area contributed by atoms with Crippen LogP contribution in [-0.2, 0) is 0 Å². The van der Waals surface area contributed by atoms with Gasteiger partial charge in [0.1, 0.15) is 11.5 Å². The highest BCUT2D eigenvalue weighted by atomic mass is 35.5. The molecule has 1 atom stereocenters. The Labute approximate surface area is 159 Å². The normalized spacial score (nSPS) is 12.4. The maximum absolute atomic E-state index is 9.98. The summed E-state index contributed by atoms with van der Waals surface area (Å²) in [4.78, 5) is 0. The molecule has 0 saturated carbocycles. The maximum Gasteiger partial charge on any atom is 0.134 e. The molecule has 0 radical (unpaired) electrons. The Hall–Kier alpha value is -0.890. The largest absolute Gasteiger partial charge is 0.508 e. The summed E-state index contributed by atoms with van der Waals surface area (Å²) in [6, 6.07) is 2.97. The molecular formula is C22H37ClO2. The molecule has 0 amide bonds. The third-order valence-corrected chi connectivity index (χ3v) is 5.52. The first-order chi connectivity index (χ1) is 12.1. The predicted molar refractivity (Wildman–Crippen MR) is 109 cm³/mol. The summed E-state index contributed by atoms with van der Waals surface area (Å²) in [6.07, 6.45) is 17.1. The zero-order chi connectivity index (χ0) is 18.5. The van der Waals surface area contributed by atoms with E-state index >= 15 is 0 Å². The van der Waals surface area contributed by atoms with Crippen LogP contribution in [0.3, 0.4) is 0 Å². The third-order valence-electron chi connectivity index (χ3n) is 5.12. The van der Waals surface area contributed by atoms with E-state index in [1.807, 2.05) is 0 Å². The number of hydrogen-bond acceptors (Lipinski definition) is 2. The number of rotatable bonds is 14. The summed E-state index contributed by atoms with van der Waals surface area (Å²) < 4.78 is 0. The zero-order valence-electron chi connectivity index (χ0n) is 16.2. The van der Waals surface area contributed by atoms with Gasteiger partial charge in [0.05, 0.1) is 5.02 Å². The van der Waals surface area contributed by atoms with Crippen LogP contribution in [0.15, 0.2) is 12.1 Å². The Bertz CT molecular complexity index is 473. The van der Waals surface area contributed by atoms with E-state index in [0.717, 1.165) is 12.8 Å². The minimum Gasteiger partial charge on any atom is -0.508 e. The van der Waals surface area contributed by atoms with Crippen LogP contribution in [0.25, 0.3) is 0 Å². The lowest BCUT2D eigenvalue weighted by molar-refractivity contribution is 0.445. The van der Waals surface area contributed by atoms with E-state index < -0.39 is 0 Å². The Morgan fingerprint density at radius 2 is 1.20 bits per heavy atom. The number of unbranched alkanes of at least 4 members (excludes halogenated alkanes) is 11. The molecule has 0 aromatic heterocycles. The molecule has 0 fully saturated rings. The standard InChI is InChI=1S/C22H37ClO2/c1-3-4-5-6-7-8-9-10-11-12-13-14-15-18(2)21-19(24)16-17-20(25)22(21)23/h16-18,24-25H,3-15H2,1-2H3. The van der Waals surface area contributed by atoms with Gasteiger partial charge >= 0.3 is 0 Å². The third kappa shape index (κ3) is 8.85. The SMILES string of the molecule is CCCCCCCCCCCCCCC(C)c1c(O)ccc(O)c1Cl. The van der Waals surface area contributed by atoms with Crippen LogP contribution >= 0.6 is 11.6 Å². The molecule has 2 nitrogen and oxygen atoms in total. The lowest BCUT2D eigenvalue weighted by atomic mass is 9.93. The topological polar surface area (TPSA) is 40.5 Å². The summed E-state index contributed by atoms with van der Waals surface area (Å²) in [5.41, 5.74) is 0.685. The van der Waals surface area contributed by atoms with Gasteiger partial charge in [0.2, 0.25) is 0 Å². The second-order valence-electron chi connectivity index (χ2n) is 7.41. The average Bonchev–Trinajstić information content (AvgIpc) is 2.59. The molecule has 1 aromatic rings. The molecule has 0 aliphatic rings. The molecule has 0 bridgehead atoms. The van der Waals surface area contributed by atoms with Crippen molar-refractivity contribution in [3.8, 4) is 11.5 Å². The van der Waals surface area contributed by atoms with Crippen molar-refractivity contribution in [2.75, 3.05) is 0 Å². The van der Waals surface area contributed by atoms with Crippen molar-refractivity contribution in [2.45, 2.75) is 103 Å². The molecule has 2 N–H and O–H groups in total. The highest BCUT2D eigenvalue weighted by molar-refractivity contribution is 6.33. The van der Waals surface area contributed by atoms with Gasteiger partial charge in [0, 0.05) is 5.56 Å². The molecule has 1 unspecified atom stereocenters. The van der Waals surface area contributed by atoms with Crippen LogP contribution in [0.2, 0.25) is 5.02 Å². The van der Waals surface area contributed by atoms with Gasteiger partial charge in [0.15, 0.2) is 0 Å². The van der Waals surface area contributed by atoms with Crippen LogP contribution < -0.4 is 0 Å². The number of halogens is 1. The van der Waals surface area contributed by atoms with Gasteiger partial charge < -0.3 is 10.2 Å². The molecule has 1 rings (SSSR count). The highest BCUT2D eigenvalue weighted by Gasteiger charge is 2.17. The first-order valence-corrected chi connectivity index (χ1v) is 10.7. The van der Waals surface area contributed by atoms with E-state index in [1.165, 1.54) is 82.8 Å². The summed E-state index contributed by atoms with van der Waals surface area (Å²) in [6.45, 7) is 4.33. The summed E-state index contributed by atoms with van der Waals surface area (Å²) >= 11 is 6.13. The second kappa shape index (κ2) is 13.3. The van der Waals surface area contributed by atoms with Crippen LogP contribution in [0.1, 0.15) is 109 Å². The zero-order valence-corrected chi connectivity index (χ0v) is 17.0. The predicted octanol–water partition coefficient (Wildman–Crippen LogP) is 7.95. The first kappa shape index (κ1) is 22.2. The molecule has 0 aliphatic carbocycles. The summed E-state index contributed by atoms with van der Waals surface area (Å²) in [5, 5.41) is 20.0. The van der Waals surface area contributed by atoms with Crippen LogP contribution in [-0.4, -0.2) is 10.2 Å². The fourth-order valence-corrected chi connectivity index (χ4v) is 3.82. The molecule has 1 aromatic carbocycles. The van der Waals surface area contributed by atoms with Gasteiger partial charge in [-0.05, 0) is 24.5 Å². The van der Waals surface area contributed by atoms with Crippen LogP contribution in [0, 0.1) is 0 Å². The first-order valence-electron chi connectivity index (χ1n) is 10.3. The molecule has 25 heavy (non-hydrogen) atoms. The van der Waals surface area contributed by atoms with Crippen molar-refractivity contribution in [3.63, 3.8) is 0 Å². The van der Waals surface area contributed by atoms with Gasteiger partial charge in [0.25, 0.3) is 0 Å². The molecule has 0 saturated heterocycles. The quantitative estimate of drug-likeness (QED) is 0.258. The van der Waals surface area contributed by atoms with Crippen molar-refractivity contribution >= 4 is 11.6 Å². The Morgan fingerprint density at radius 3 is 1.72 bits per heavy atom. The van der Waals surface area contributed by atoms with Crippen LogP contribution in [0.5, 0.6) is 11.5 Å². The number of phenols is 2. The molecular weight excluding hydrogens is 332 g/mol. The highest BCUT2D eigenvalue weighted by Crippen LogP contribution is 2.40. The summed E-state index contributed by atoms with van der Waals surface area (Å²) in [7, 11) is 0. The lowest BCUT2D eigenvalue weighted by Gasteiger charge is -2.16. The van der Waals surface area contributed by atoms with Crippen molar-refractivity contribution in [2.24, 2.45) is 0 Å². The minimum atomic E-state index is 0.0519. The second-order valence-corrected chi connectivity index (χ2v) is 7.79. The van der Waals surface area contributed by atoms with Crippen molar-refractivity contribution in [1.82, 2.24) is 0 Å². The Kier molecular flexibility index (Phi) is 11.8. The fourth-order valence-electron chi connectivity index (χ4n) is 3.48. The Morgan fingerprint density at radius 1 is 0.760 bits per heavy atom. The molecule has 0 aliphatic heterocycles. The van der Waals surface area contributed by atoms with Gasteiger partial charge in [-0.15, -0.1) is 0 Å². The van der Waals surface area contributed by atoms with E-state index in [4.69, 9.17) is 11.6 Å². The van der Waals surface area contributed by atoms with Crippen molar-refractivity contribution in [1.29, 1.82) is 0 Å². The monoisotopic (exact) mass is 368 g/mol. The number of phenolic OH excluding ortho intramolecular Hbond substituents is 2. The molecule has 144 valence electrons.